The van der Waals surface area contributed by atoms with Crippen LogP contribution < -0.4 is 10.2 Å². The summed E-state index contributed by atoms with van der Waals surface area (Å²) in [6.45, 7) is 2.13. The van der Waals surface area contributed by atoms with E-state index in [1.807, 2.05) is 55.4 Å². The molecule has 1 unspecified atom stereocenters. The Labute approximate surface area is 168 Å². The fourth-order valence-electron chi connectivity index (χ4n) is 3.19. The van der Waals surface area contributed by atoms with Gasteiger partial charge in [-0.25, -0.2) is 15.0 Å². The van der Waals surface area contributed by atoms with Crippen LogP contribution in [0.25, 0.3) is 11.0 Å². The van der Waals surface area contributed by atoms with Gasteiger partial charge in [0.05, 0.1) is 17.1 Å². The van der Waals surface area contributed by atoms with Crippen LogP contribution >= 0.6 is 11.6 Å². The second-order valence-electron chi connectivity index (χ2n) is 6.69. The summed E-state index contributed by atoms with van der Waals surface area (Å²) in [5, 5.41) is 3.73. The van der Waals surface area contributed by atoms with Crippen LogP contribution in [-0.4, -0.2) is 26.6 Å². The molecule has 28 heavy (non-hydrogen) atoms. The van der Waals surface area contributed by atoms with Crippen LogP contribution in [0.5, 0.6) is 0 Å². The summed E-state index contributed by atoms with van der Waals surface area (Å²) >= 11 is 5.92. The van der Waals surface area contributed by atoms with Gasteiger partial charge in [-0.15, -0.1) is 0 Å². The third kappa shape index (κ3) is 3.51. The van der Waals surface area contributed by atoms with Gasteiger partial charge in [-0.1, -0.05) is 30.3 Å². The van der Waals surface area contributed by atoms with E-state index in [-0.39, 0.29) is 11.3 Å². The summed E-state index contributed by atoms with van der Waals surface area (Å²) in [7, 11) is 3.96. The summed E-state index contributed by atoms with van der Waals surface area (Å²) in [5.74, 6) is 1.56. The number of halogens is 1. The molecule has 0 amide bonds. The number of aryl methyl sites for hydroxylation is 1. The minimum Gasteiger partial charge on any atom is -0.349 e. The number of nitrogens with zero attached hydrogens (tertiary/aromatic N) is 5. The third-order valence-corrected chi connectivity index (χ3v) is 5.03. The molecule has 0 aliphatic carbocycles. The van der Waals surface area contributed by atoms with E-state index in [0.717, 1.165) is 28.5 Å². The average Bonchev–Trinajstić information content (AvgIpc) is 3.03. The smallest absolute Gasteiger partial charge is 0.224 e. The van der Waals surface area contributed by atoms with E-state index in [2.05, 4.69) is 45.0 Å². The molecule has 0 aliphatic heterocycles. The van der Waals surface area contributed by atoms with Gasteiger partial charge in [0.1, 0.15) is 5.82 Å². The number of fused-ring (bicyclic) bond motifs is 1. The molecule has 1 N–H and O–H groups in total. The van der Waals surface area contributed by atoms with Crippen molar-refractivity contribution in [3.05, 3.63) is 71.6 Å². The van der Waals surface area contributed by atoms with Gasteiger partial charge in [0.25, 0.3) is 0 Å². The molecule has 0 aliphatic rings. The molecule has 142 valence electrons. The number of imidazole rings is 1. The molecule has 6 nitrogen and oxygen atoms in total. The SMILES string of the molecule is CC(Nc1nc2cc(N(C)c3ccnc(Cl)n3)ccc2n1C)c1ccccc1. The van der Waals surface area contributed by atoms with Crippen LogP contribution in [0.4, 0.5) is 17.5 Å². The number of rotatable bonds is 5. The molecule has 0 fully saturated rings. The van der Waals surface area contributed by atoms with Crippen LogP contribution in [-0.2, 0) is 7.05 Å². The predicted molar refractivity (Wildman–Crippen MR) is 114 cm³/mol. The molecule has 4 rings (SSSR count). The first kappa shape index (κ1) is 18.3. The third-order valence-electron chi connectivity index (χ3n) is 4.85. The monoisotopic (exact) mass is 392 g/mol. The van der Waals surface area contributed by atoms with Gasteiger partial charge in [0.15, 0.2) is 0 Å². The Morgan fingerprint density at radius 3 is 2.61 bits per heavy atom. The fraction of sp³-hybridized carbons (Fsp3) is 0.190. The lowest BCUT2D eigenvalue weighted by molar-refractivity contribution is 0.832. The van der Waals surface area contributed by atoms with Crippen molar-refractivity contribution < 1.29 is 0 Å². The summed E-state index contributed by atoms with van der Waals surface area (Å²) in [5.41, 5.74) is 4.16. The van der Waals surface area contributed by atoms with Crippen molar-refractivity contribution in [2.24, 2.45) is 7.05 Å². The van der Waals surface area contributed by atoms with Gasteiger partial charge >= 0.3 is 0 Å². The van der Waals surface area contributed by atoms with E-state index in [9.17, 15) is 0 Å². The van der Waals surface area contributed by atoms with Crippen LogP contribution in [0.1, 0.15) is 18.5 Å². The number of hydrogen-bond donors (Lipinski definition) is 1. The van der Waals surface area contributed by atoms with Crippen LogP contribution in [0.2, 0.25) is 5.28 Å². The second-order valence-corrected chi connectivity index (χ2v) is 7.03. The minimum absolute atomic E-state index is 0.155. The number of nitrogens with one attached hydrogen (secondary N) is 1. The number of aromatic nitrogens is 4. The van der Waals surface area contributed by atoms with Gasteiger partial charge in [-0.3, -0.25) is 0 Å². The van der Waals surface area contributed by atoms with Crippen molar-refractivity contribution in [1.29, 1.82) is 0 Å². The van der Waals surface area contributed by atoms with Crippen molar-refractivity contribution >= 4 is 40.1 Å². The fourth-order valence-corrected chi connectivity index (χ4v) is 3.33. The molecule has 2 heterocycles. The van der Waals surface area contributed by atoms with Gasteiger partial charge in [-0.2, -0.15) is 0 Å². The highest BCUT2D eigenvalue weighted by Crippen LogP contribution is 2.28. The van der Waals surface area contributed by atoms with E-state index in [0.29, 0.717) is 0 Å². The molecule has 1 atom stereocenters. The summed E-state index contributed by atoms with van der Waals surface area (Å²) in [6.07, 6.45) is 1.65. The lowest BCUT2D eigenvalue weighted by Gasteiger charge is -2.18. The van der Waals surface area contributed by atoms with E-state index in [4.69, 9.17) is 16.6 Å². The maximum absolute atomic E-state index is 5.92. The maximum atomic E-state index is 5.92. The van der Waals surface area contributed by atoms with E-state index in [1.165, 1.54) is 5.56 Å². The normalized spacial score (nSPS) is 12.1. The lowest BCUT2D eigenvalue weighted by Crippen LogP contribution is -2.11. The van der Waals surface area contributed by atoms with Crippen molar-refractivity contribution in [3.8, 4) is 0 Å². The molecule has 4 aromatic rings. The van der Waals surface area contributed by atoms with E-state index in [1.54, 1.807) is 6.20 Å². The molecule has 0 radical (unpaired) electrons. The quantitative estimate of drug-likeness (QED) is 0.486. The van der Waals surface area contributed by atoms with Crippen molar-refractivity contribution in [1.82, 2.24) is 19.5 Å². The highest BCUT2D eigenvalue weighted by Gasteiger charge is 2.14. The maximum Gasteiger partial charge on any atom is 0.224 e. The van der Waals surface area contributed by atoms with E-state index >= 15 is 0 Å². The molecule has 0 saturated carbocycles. The average molecular weight is 393 g/mol. The first-order valence-electron chi connectivity index (χ1n) is 9.03. The molecular formula is C21H21ClN6. The van der Waals surface area contributed by atoms with Crippen molar-refractivity contribution in [3.63, 3.8) is 0 Å². The van der Waals surface area contributed by atoms with E-state index < -0.39 is 0 Å². The Bertz CT molecular complexity index is 1110. The summed E-state index contributed by atoms with van der Waals surface area (Å²) < 4.78 is 2.07. The molecule has 7 heteroatoms. The topological polar surface area (TPSA) is 58.9 Å². The zero-order valence-electron chi connectivity index (χ0n) is 16.0. The standard InChI is InChI=1S/C21H21ClN6/c1-14(15-7-5-4-6-8-15)24-21-25-17-13-16(9-10-18(17)28(21)3)27(2)19-11-12-23-20(22)26-19/h4-14H,1-3H3,(H,24,25). The van der Waals surface area contributed by atoms with Gasteiger partial charge in [0.2, 0.25) is 11.2 Å². The Morgan fingerprint density at radius 1 is 1.07 bits per heavy atom. The molecule has 2 aromatic carbocycles. The molecular weight excluding hydrogens is 372 g/mol. The first-order chi connectivity index (χ1) is 13.5. The summed E-state index contributed by atoms with van der Waals surface area (Å²) in [6, 6.07) is 18.5. The largest absolute Gasteiger partial charge is 0.349 e. The van der Waals surface area contributed by atoms with Gasteiger partial charge in [0, 0.05) is 26.0 Å². The number of hydrogen-bond acceptors (Lipinski definition) is 5. The zero-order chi connectivity index (χ0) is 19.7. The molecule has 0 saturated heterocycles. The van der Waals surface area contributed by atoms with Crippen molar-refractivity contribution in [2.75, 3.05) is 17.3 Å². The Morgan fingerprint density at radius 2 is 1.86 bits per heavy atom. The van der Waals surface area contributed by atoms with Crippen molar-refractivity contribution in [2.45, 2.75) is 13.0 Å². The summed E-state index contributed by atoms with van der Waals surface area (Å²) in [4.78, 5) is 15.0. The zero-order valence-corrected chi connectivity index (χ0v) is 16.7. The highest BCUT2D eigenvalue weighted by molar-refractivity contribution is 6.28. The second kappa shape index (κ2) is 7.48. The van der Waals surface area contributed by atoms with Crippen LogP contribution in [0.3, 0.4) is 0 Å². The molecule has 2 aromatic heterocycles. The number of anilines is 3. The van der Waals surface area contributed by atoms with Crippen LogP contribution in [0, 0.1) is 0 Å². The lowest BCUT2D eigenvalue weighted by atomic mass is 10.1. The number of benzene rings is 2. The minimum atomic E-state index is 0.155. The Hall–Kier alpha value is -3.12. The van der Waals surface area contributed by atoms with Gasteiger partial charge < -0.3 is 14.8 Å². The van der Waals surface area contributed by atoms with Crippen LogP contribution in [0.15, 0.2) is 60.8 Å². The van der Waals surface area contributed by atoms with Gasteiger partial charge in [-0.05, 0) is 48.4 Å². The Balaban J connectivity index is 1.64. The predicted octanol–water partition coefficient (Wildman–Crippen LogP) is 4.96. The molecule has 0 spiro atoms. The highest BCUT2D eigenvalue weighted by atomic mass is 35.5. The first-order valence-corrected chi connectivity index (χ1v) is 9.41. The molecule has 0 bridgehead atoms. The Kier molecular flexibility index (Phi) is 4.88.